The Hall–Kier alpha value is -0.570. The Morgan fingerprint density at radius 1 is 1.18 bits per heavy atom. The minimum Gasteiger partial charge on any atom is -0.460 e. The van der Waals surface area contributed by atoms with Gasteiger partial charge in [-0.2, -0.15) is 0 Å². The zero-order chi connectivity index (χ0) is 12.9. The molecule has 0 bridgehead atoms. The van der Waals surface area contributed by atoms with Gasteiger partial charge in [-0.25, -0.2) is 0 Å². The van der Waals surface area contributed by atoms with Crippen LogP contribution in [-0.2, 0) is 9.53 Å². The molecule has 0 aliphatic heterocycles. The fourth-order valence-corrected chi connectivity index (χ4v) is 2.42. The van der Waals surface area contributed by atoms with Crippen molar-refractivity contribution in [3.63, 3.8) is 0 Å². The fraction of sp³-hybridized carbons (Fsp3) is 0.929. The molecule has 0 unspecified atom stereocenters. The van der Waals surface area contributed by atoms with Crippen molar-refractivity contribution in [1.82, 2.24) is 0 Å². The van der Waals surface area contributed by atoms with Gasteiger partial charge in [-0.05, 0) is 51.9 Å². The van der Waals surface area contributed by atoms with Crippen LogP contribution in [0.2, 0.25) is 0 Å². The first kappa shape index (κ1) is 14.5. The Labute approximate surface area is 105 Å². The van der Waals surface area contributed by atoms with Crippen LogP contribution in [0.5, 0.6) is 0 Å². The number of aliphatic hydroxyl groups excluding tert-OH is 1. The van der Waals surface area contributed by atoms with Crippen molar-refractivity contribution < 1.29 is 14.6 Å². The van der Waals surface area contributed by atoms with Crippen molar-refractivity contribution in [3.8, 4) is 0 Å². The molecule has 0 aromatic carbocycles. The van der Waals surface area contributed by atoms with Crippen LogP contribution in [0.15, 0.2) is 0 Å². The lowest BCUT2D eigenvalue weighted by Gasteiger charge is -2.27. The van der Waals surface area contributed by atoms with E-state index in [1.54, 1.807) is 0 Å². The predicted octanol–water partition coefficient (Wildman–Crippen LogP) is 2.91. The maximum absolute atomic E-state index is 11.6. The van der Waals surface area contributed by atoms with Crippen LogP contribution in [0.25, 0.3) is 0 Å². The van der Waals surface area contributed by atoms with Crippen molar-refractivity contribution in [1.29, 1.82) is 0 Å². The molecule has 1 fully saturated rings. The first-order valence-corrected chi connectivity index (χ1v) is 6.73. The fourth-order valence-electron chi connectivity index (χ4n) is 2.42. The van der Waals surface area contributed by atoms with Crippen LogP contribution in [0.1, 0.15) is 59.3 Å². The van der Waals surface area contributed by atoms with Gasteiger partial charge in [0.25, 0.3) is 0 Å². The first-order valence-electron chi connectivity index (χ1n) is 6.73. The summed E-state index contributed by atoms with van der Waals surface area (Å²) in [4.78, 5) is 11.6. The number of esters is 1. The SMILES string of the molecule is CC(C)(C)OC(=O)CC[C@H]1CC[C@H](CO)CC1. The third kappa shape index (κ3) is 6.06. The largest absolute Gasteiger partial charge is 0.460 e. The molecule has 1 N–H and O–H groups in total. The van der Waals surface area contributed by atoms with E-state index < -0.39 is 0 Å². The summed E-state index contributed by atoms with van der Waals surface area (Å²) in [5.74, 6) is 1.06. The predicted molar refractivity (Wildman–Crippen MR) is 67.6 cm³/mol. The van der Waals surface area contributed by atoms with Gasteiger partial charge >= 0.3 is 5.97 Å². The van der Waals surface area contributed by atoms with Crippen LogP contribution < -0.4 is 0 Å². The van der Waals surface area contributed by atoms with Gasteiger partial charge in [0.1, 0.15) is 5.60 Å². The number of carbonyl (C=O) groups is 1. The Bertz CT molecular complexity index is 234. The van der Waals surface area contributed by atoms with Crippen molar-refractivity contribution in [2.24, 2.45) is 11.8 Å². The molecule has 17 heavy (non-hydrogen) atoms. The summed E-state index contributed by atoms with van der Waals surface area (Å²) in [6, 6.07) is 0. The zero-order valence-electron chi connectivity index (χ0n) is 11.4. The number of rotatable bonds is 4. The molecule has 0 spiro atoms. The third-order valence-corrected chi connectivity index (χ3v) is 3.40. The topological polar surface area (TPSA) is 46.5 Å². The van der Waals surface area contributed by atoms with Gasteiger partial charge in [0.2, 0.25) is 0 Å². The number of aliphatic hydroxyl groups is 1. The second kappa shape index (κ2) is 6.39. The molecular weight excluding hydrogens is 216 g/mol. The van der Waals surface area contributed by atoms with Crippen LogP contribution >= 0.6 is 0 Å². The van der Waals surface area contributed by atoms with Crippen LogP contribution in [0.3, 0.4) is 0 Å². The summed E-state index contributed by atoms with van der Waals surface area (Å²) in [5.41, 5.74) is -0.369. The molecular formula is C14H26O3. The van der Waals surface area contributed by atoms with Gasteiger partial charge in [0.05, 0.1) is 0 Å². The Balaban J connectivity index is 2.17. The van der Waals surface area contributed by atoms with Crippen LogP contribution in [0.4, 0.5) is 0 Å². The molecule has 0 amide bonds. The standard InChI is InChI=1S/C14H26O3/c1-14(2,3)17-13(16)9-8-11-4-6-12(10-15)7-5-11/h11-12,15H,4-10H2,1-3H3/t11-,12-. The van der Waals surface area contributed by atoms with Crippen molar-refractivity contribution in [2.75, 3.05) is 6.61 Å². The molecule has 1 aliphatic rings. The summed E-state index contributed by atoms with van der Waals surface area (Å²) in [6.45, 7) is 6.02. The number of ether oxygens (including phenoxy) is 1. The smallest absolute Gasteiger partial charge is 0.306 e. The third-order valence-electron chi connectivity index (χ3n) is 3.40. The Kier molecular flexibility index (Phi) is 5.44. The Morgan fingerprint density at radius 3 is 2.18 bits per heavy atom. The van der Waals surface area contributed by atoms with E-state index in [-0.39, 0.29) is 11.6 Å². The van der Waals surface area contributed by atoms with Gasteiger partial charge < -0.3 is 9.84 Å². The molecule has 1 saturated carbocycles. The molecule has 0 saturated heterocycles. The normalized spacial score (nSPS) is 25.6. The summed E-state index contributed by atoms with van der Waals surface area (Å²) in [5, 5.41) is 9.05. The van der Waals surface area contributed by atoms with Gasteiger partial charge in [-0.15, -0.1) is 0 Å². The lowest BCUT2D eigenvalue weighted by molar-refractivity contribution is -0.155. The van der Waals surface area contributed by atoms with Crippen molar-refractivity contribution >= 4 is 5.97 Å². The van der Waals surface area contributed by atoms with E-state index in [2.05, 4.69) is 0 Å². The minimum atomic E-state index is -0.369. The minimum absolute atomic E-state index is 0.0817. The number of hydrogen-bond acceptors (Lipinski definition) is 3. The highest BCUT2D eigenvalue weighted by molar-refractivity contribution is 5.69. The maximum Gasteiger partial charge on any atom is 0.306 e. The lowest BCUT2D eigenvalue weighted by Crippen LogP contribution is -2.24. The van der Waals surface area contributed by atoms with Crippen LogP contribution in [-0.4, -0.2) is 23.3 Å². The van der Waals surface area contributed by atoms with E-state index in [1.165, 1.54) is 0 Å². The summed E-state index contributed by atoms with van der Waals surface area (Å²) < 4.78 is 5.29. The zero-order valence-corrected chi connectivity index (χ0v) is 11.4. The van der Waals surface area contributed by atoms with Crippen LogP contribution in [0, 0.1) is 11.8 Å². The monoisotopic (exact) mass is 242 g/mol. The molecule has 0 aromatic rings. The first-order chi connectivity index (χ1) is 7.90. The highest BCUT2D eigenvalue weighted by Gasteiger charge is 2.22. The van der Waals surface area contributed by atoms with Gasteiger partial charge in [0, 0.05) is 13.0 Å². The quantitative estimate of drug-likeness (QED) is 0.771. The van der Waals surface area contributed by atoms with Gasteiger partial charge in [-0.3, -0.25) is 4.79 Å². The van der Waals surface area contributed by atoms with E-state index in [4.69, 9.17) is 9.84 Å². The Morgan fingerprint density at radius 2 is 1.71 bits per heavy atom. The number of hydrogen-bond donors (Lipinski definition) is 1. The van der Waals surface area contributed by atoms with E-state index >= 15 is 0 Å². The van der Waals surface area contributed by atoms with E-state index in [1.807, 2.05) is 20.8 Å². The van der Waals surface area contributed by atoms with Crippen molar-refractivity contribution in [3.05, 3.63) is 0 Å². The average molecular weight is 242 g/mol. The molecule has 0 aromatic heterocycles. The summed E-state index contributed by atoms with van der Waals surface area (Å²) in [6.07, 6.45) is 5.98. The molecule has 0 atom stereocenters. The van der Waals surface area contributed by atoms with Gasteiger partial charge in [-0.1, -0.05) is 12.8 Å². The molecule has 100 valence electrons. The van der Waals surface area contributed by atoms with E-state index in [0.29, 0.717) is 24.9 Å². The van der Waals surface area contributed by atoms with Gasteiger partial charge in [0.15, 0.2) is 0 Å². The molecule has 0 radical (unpaired) electrons. The highest BCUT2D eigenvalue weighted by atomic mass is 16.6. The average Bonchev–Trinajstić information content (AvgIpc) is 2.25. The molecule has 3 heteroatoms. The molecule has 1 rings (SSSR count). The second-order valence-corrected chi connectivity index (χ2v) is 6.19. The summed E-state index contributed by atoms with van der Waals surface area (Å²) in [7, 11) is 0. The highest BCUT2D eigenvalue weighted by Crippen LogP contribution is 2.31. The molecule has 0 heterocycles. The van der Waals surface area contributed by atoms with E-state index in [0.717, 1.165) is 32.1 Å². The molecule has 3 nitrogen and oxygen atoms in total. The van der Waals surface area contributed by atoms with E-state index in [9.17, 15) is 4.79 Å². The van der Waals surface area contributed by atoms with Crippen molar-refractivity contribution in [2.45, 2.75) is 64.9 Å². The lowest BCUT2D eigenvalue weighted by atomic mass is 9.80. The second-order valence-electron chi connectivity index (χ2n) is 6.19. The summed E-state index contributed by atoms with van der Waals surface area (Å²) >= 11 is 0. The maximum atomic E-state index is 11.6. The number of carbonyl (C=O) groups excluding carboxylic acids is 1. The molecule has 1 aliphatic carbocycles.